The van der Waals surface area contributed by atoms with Crippen molar-refractivity contribution < 1.29 is 4.79 Å². The van der Waals surface area contributed by atoms with E-state index < -0.39 is 0 Å². The first-order valence-corrected chi connectivity index (χ1v) is 6.98. The molecule has 0 saturated carbocycles. The predicted molar refractivity (Wildman–Crippen MR) is 81.2 cm³/mol. The van der Waals surface area contributed by atoms with Crippen LogP contribution in [-0.2, 0) is 0 Å². The lowest BCUT2D eigenvalue weighted by Gasteiger charge is -2.14. The molecule has 2 aromatic carbocycles. The summed E-state index contributed by atoms with van der Waals surface area (Å²) in [6, 6.07) is 15.5. The van der Waals surface area contributed by atoms with Crippen molar-refractivity contribution in [3.8, 4) is 0 Å². The predicted octanol–water partition coefficient (Wildman–Crippen LogP) is 4.25. The maximum atomic E-state index is 12.1. The van der Waals surface area contributed by atoms with Gasteiger partial charge in [-0.2, -0.15) is 0 Å². The van der Waals surface area contributed by atoms with Crippen molar-refractivity contribution in [2.45, 2.75) is 19.9 Å². The topological polar surface area (TPSA) is 29.1 Å². The van der Waals surface area contributed by atoms with Gasteiger partial charge in [-0.3, -0.25) is 4.79 Å². The maximum Gasteiger partial charge on any atom is 0.251 e. The summed E-state index contributed by atoms with van der Waals surface area (Å²) in [5.41, 5.74) is 2.93. The third-order valence-corrected chi connectivity index (χ3v) is 3.56. The molecule has 0 aliphatic rings. The molecule has 0 spiro atoms. The van der Waals surface area contributed by atoms with Crippen LogP contribution in [0, 0.1) is 6.92 Å². The Morgan fingerprint density at radius 1 is 1.05 bits per heavy atom. The Bertz CT molecular complexity index is 560. The van der Waals surface area contributed by atoms with Gasteiger partial charge in [-0.05, 0) is 43.7 Å². The summed E-state index contributed by atoms with van der Waals surface area (Å²) >= 11 is 3.40. The average Bonchev–Trinajstić information content (AvgIpc) is 2.40. The SMILES string of the molecule is Cc1ccc(C(=O)NC(C)c2ccc(Br)cc2)cc1. The molecular weight excluding hydrogens is 302 g/mol. The van der Waals surface area contributed by atoms with Crippen LogP contribution < -0.4 is 5.32 Å². The molecule has 0 aromatic heterocycles. The maximum absolute atomic E-state index is 12.1. The zero-order valence-corrected chi connectivity index (χ0v) is 12.6. The van der Waals surface area contributed by atoms with Crippen LogP contribution in [0.2, 0.25) is 0 Å². The zero-order valence-electron chi connectivity index (χ0n) is 11.0. The van der Waals surface area contributed by atoms with Gasteiger partial charge >= 0.3 is 0 Å². The van der Waals surface area contributed by atoms with E-state index in [1.807, 2.05) is 62.4 Å². The Morgan fingerprint density at radius 3 is 2.21 bits per heavy atom. The van der Waals surface area contributed by atoms with Crippen LogP contribution in [0.1, 0.15) is 34.5 Å². The number of hydrogen-bond acceptors (Lipinski definition) is 1. The van der Waals surface area contributed by atoms with Gasteiger partial charge in [0.1, 0.15) is 0 Å². The van der Waals surface area contributed by atoms with Gasteiger partial charge < -0.3 is 5.32 Å². The number of halogens is 1. The summed E-state index contributed by atoms with van der Waals surface area (Å²) in [6.07, 6.45) is 0. The molecule has 2 aromatic rings. The second-order valence-corrected chi connectivity index (χ2v) is 5.53. The van der Waals surface area contributed by atoms with Crippen molar-refractivity contribution in [2.24, 2.45) is 0 Å². The molecule has 0 radical (unpaired) electrons. The highest BCUT2D eigenvalue weighted by atomic mass is 79.9. The molecule has 1 amide bonds. The van der Waals surface area contributed by atoms with Crippen molar-refractivity contribution in [3.05, 3.63) is 69.7 Å². The van der Waals surface area contributed by atoms with Crippen LogP contribution in [0.5, 0.6) is 0 Å². The molecule has 2 nitrogen and oxygen atoms in total. The Balaban J connectivity index is 2.06. The summed E-state index contributed by atoms with van der Waals surface area (Å²) in [6.45, 7) is 3.99. The number of carbonyl (C=O) groups is 1. The molecule has 0 saturated heterocycles. The Morgan fingerprint density at radius 2 is 1.63 bits per heavy atom. The van der Waals surface area contributed by atoms with Crippen molar-refractivity contribution in [1.82, 2.24) is 5.32 Å². The zero-order chi connectivity index (χ0) is 13.8. The van der Waals surface area contributed by atoms with Crippen LogP contribution >= 0.6 is 15.9 Å². The van der Waals surface area contributed by atoms with Gasteiger partial charge in [-0.15, -0.1) is 0 Å². The fourth-order valence-corrected chi connectivity index (χ4v) is 2.08. The van der Waals surface area contributed by atoms with E-state index in [-0.39, 0.29) is 11.9 Å². The van der Waals surface area contributed by atoms with Gasteiger partial charge in [0.15, 0.2) is 0 Å². The number of amides is 1. The number of rotatable bonds is 3. The van der Waals surface area contributed by atoms with Gasteiger partial charge in [-0.1, -0.05) is 45.8 Å². The van der Waals surface area contributed by atoms with Gasteiger partial charge in [0.2, 0.25) is 0 Å². The lowest BCUT2D eigenvalue weighted by Crippen LogP contribution is -2.26. The van der Waals surface area contributed by atoms with Crippen LogP contribution in [0.25, 0.3) is 0 Å². The Hall–Kier alpha value is -1.61. The smallest absolute Gasteiger partial charge is 0.251 e. The van der Waals surface area contributed by atoms with Crippen LogP contribution in [0.3, 0.4) is 0 Å². The minimum atomic E-state index is -0.0459. The fraction of sp³-hybridized carbons (Fsp3) is 0.188. The number of carbonyl (C=O) groups excluding carboxylic acids is 1. The van der Waals surface area contributed by atoms with Crippen molar-refractivity contribution in [1.29, 1.82) is 0 Å². The fourth-order valence-electron chi connectivity index (χ4n) is 1.82. The van der Waals surface area contributed by atoms with Gasteiger partial charge in [0.25, 0.3) is 5.91 Å². The minimum absolute atomic E-state index is 0.0121. The van der Waals surface area contributed by atoms with Crippen molar-refractivity contribution in [2.75, 3.05) is 0 Å². The lowest BCUT2D eigenvalue weighted by atomic mass is 10.1. The lowest BCUT2D eigenvalue weighted by molar-refractivity contribution is 0.0940. The molecule has 0 aliphatic heterocycles. The third kappa shape index (κ3) is 3.67. The van der Waals surface area contributed by atoms with Crippen LogP contribution in [0.4, 0.5) is 0 Å². The molecule has 0 fully saturated rings. The molecule has 0 heterocycles. The summed E-state index contributed by atoms with van der Waals surface area (Å²) in [4.78, 5) is 12.1. The molecule has 2 rings (SSSR count). The molecule has 1 N–H and O–H groups in total. The van der Waals surface area contributed by atoms with Crippen molar-refractivity contribution >= 4 is 21.8 Å². The number of hydrogen-bond donors (Lipinski definition) is 1. The second-order valence-electron chi connectivity index (χ2n) is 4.61. The van der Waals surface area contributed by atoms with E-state index >= 15 is 0 Å². The number of aryl methyl sites for hydroxylation is 1. The van der Waals surface area contributed by atoms with E-state index in [1.54, 1.807) is 0 Å². The summed E-state index contributed by atoms with van der Waals surface area (Å²) in [7, 11) is 0. The standard InChI is InChI=1S/C16H16BrNO/c1-11-3-5-14(6-4-11)16(19)18-12(2)13-7-9-15(17)10-8-13/h3-10,12H,1-2H3,(H,18,19). The van der Waals surface area contributed by atoms with Crippen molar-refractivity contribution in [3.63, 3.8) is 0 Å². The second kappa shape index (κ2) is 6.02. The first-order chi connectivity index (χ1) is 9.06. The van der Waals surface area contributed by atoms with E-state index in [9.17, 15) is 4.79 Å². The summed E-state index contributed by atoms with van der Waals surface area (Å²) in [5.74, 6) is -0.0459. The van der Waals surface area contributed by atoms with Gasteiger partial charge in [0.05, 0.1) is 6.04 Å². The highest BCUT2D eigenvalue weighted by molar-refractivity contribution is 9.10. The molecular formula is C16H16BrNO. The molecule has 0 bridgehead atoms. The highest BCUT2D eigenvalue weighted by Gasteiger charge is 2.10. The first kappa shape index (κ1) is 13.8. The Labute approximate surface area is 122 Å². The summed E-state index contributed by atoms with van der Waals surface area (Å²) < 4.78 is 1.04. The molecule has 1 unspecified atom stereocenters. The quantitative estimate of drug-likeness (QED) is 0.901. The molecule has 3 heteroatoms. The van der Waals surface area contributed by atoms with E-state index in [0.717, 1.165) is 15.6 Å². The summed E-state index contributed by atoms with van der Waals surface area (Å²) in [5, 5.41) is 3.00. The molecule has 0 aliphatic carbocycles. The number of benzene rings is 2. The Kier molecular flexibility index (Phi) is 4.38. The van der Waals surface area contributed by atoms with E-state index in [0.29, 0.717) is 5.56 Å². The van der Waals surface area contributed by atoms with E-state index in [4.69, 9.17) is 0 Å². The highest BCUT2D eigenvalue weighted by Crippen LogP contribution is 2.17. The molecule has 19 heavy (non-hydrogen) atoms. The normalized spacial score (nSPS) is 11.9. The van der Waals surface area contributed by atoms with Gasteiger partial charge in [-0.25, -0.2) is 0 Å². The first-order valence-electron chi connectivity index (χ1n) is 6.19. The van der Waals surface area contributed by atoms with Crippen LogP contribution in [0.15, 0.2) is 53.0 Å². The molecule has 1 atom stereocenters. The van der Waals surface area contributed by atoms with Gasteiger partial charge in [0, 0.05) is 10.0 Å². The largest absolute Gasteiger partial charge is 0.346 e. The van der Waals surface area contributed by atoms with E-state index in [2.05, 4.69) is 21.2 Å². The molecule has 98 valence electrons. The third-order valence-electron chi connectivity index (χ3n) is 3.03. The minimum Gasteiger partial charge on any atom is -0.346 e. The average molecular weight is 318 g/mol. The monoisotopic (exact) mass is 317 g/mol. The number of nitrogens with one attached hydrogen (secondary N) is 1. The van der Waals surface area contributed by atoms with Crippen LogP contribution in [-0.4, -0.2) is 5.91 Å². The van der Waals surface area contributed by atoms with E-state index in [1.165, 1.54) is 0 Å².